The average Bonchev–Trinajstić information content (AvgIpc) is 3.38. The van der Waals surface area contributed by atoms with Gasteiger partial charge in [-0.25, -0.2) is 4.98 Å². The number of H-pyrrole nitrogens is 1. The van der Waals surface area contributed by atoms with Crippen LogP contribution in [0.15, 0.2) is 59.7 Å². The molecule has 0 saturated carbocycles. The number of aromatic nitrogens is 2. The van der Waals surface area contributed by atoms with E-state index in [2.05, 4.69) is 39.3 Å². The van der Waals surface area contributed by atoms with Crippen molar-refractivity contribution < 1.29 is 14.9 Å². The molecule has 2 aromatic carbocycles. The molecule has 2 unspecified atom stereocenters. The van der Waals surface area contributed by atoms with Crippen molar-refractivity contribution in [2.24, 2.45) is 5.92 Å². The number of ether oxygens (including phenoxy) is 1. The van der Waals surface area contributed by atoms with E-state index in [4.69, 9.17) is 4.74 Å². The molecule has 176 valence electrons. The van der Waals surface area contributed by atoms with Crippen molar-refractivity contribution in [3.8, 4) is 17.6 Å². The Morgan fingerprint density at radius 3 is 2.47 bits per heavy atom. The number of nitrogens with zero attached hydrogens (tertiary/aromatic N) is 1. The van der Waals surface area contributed by atoms with Crippen molar-refractivity contribution in [3.05, 3.63) is 93.2 Å². The summed E-state index contributed by atoms with van der Waals surface area (Å²) in [6.07, 6.45) is 2.64. The highest BCUT2D eigenvalue weighted by molar-refractivity contribution is 5.44. The summed E-state index contributed by atoms with van der Waals surface area (Å²) < 4.78 is 5.41. The zero-order valence-corrected chi connectivity index (χ0v) is 19.0. The third-order valence-electron chi connectivity index (χ3n) is 6.04. The number of nitrogens with one attached hydrogen (secondary N) is 2. The van der Waals surface area contributed by atoms with Crippen molar-refractivity contribution in [2.45, 2.75) is 25.3 Å². The lowest BCUT2D eigenvalue weighted by molar-refractivity contribution is 0.185. The van der Waals surface area contributed by atoms with Crippen LogP contribution in [0.25, 0.3) is 0 Å². The molecule has 34 heavy (non-hydrogen) atoms. The van der Waals surface area contributed by atoms with Crippen LogP contribution in [0.5, 0.6) is 5.75 Å². The molecule has 3 aromatic rings. The quantitative estimate of drug-likeness (QED) is 0.385. The first-order valence-corrected chi connectivity index (χ1v) is 11.5. The van der Waals surface area contributed by atoms with Gasteiger partial charge >= 0.3 is 0 Å². The van der Waals surface area contributed by atoms with Crippen LogP contribution in [0.2, 0.25) is 0 Å². The first-order valence-electron chi connectivity index (χ1n) is 11.5. The Balaban J connectivity index is 1.33. The van der Waals surface area contributed by atoms with E-state index in [9.17, 15) is 15.0 Å². The maximum Gasteiger partial charge on any atom is 0.293 e. The Morgan fingerprint density at radius 1 is 1.12 bits per heavy atom. The lowest BCUT2D eigenvalue weighted by atomic mass is 9.94. The van der Waals surface area contributed by atoms with E-state index in [1.165, 1.54) is 11.9 Å². The normalized spacial score (nSPS) is 16.1. The van der Waals surface area contributed by atoms with Crippen LogP contribution in [0, 0.1) is 17.8 Å². The van der Waals surface area contributed by atoms with Crippen LogP contribution in [0.3, 0.4) is 0 Å². The molecule has 7 nitrogen and oxygen atoms in total. The Bertz CT molecular complexity index is 1190. The number of benzene rings is 2. The van der Waals surface area contributed by atoms with Gasteiger partial charge in [-0.2, -0.15) is 0 Å². The minimum Gasteiger partial charge on any atom is -0.502 e. The maximum absolute atomic E-state index is 11.6. The van der Waals surface area contributed by atoms with E-state index < -0.39 is 11.3 Å². The van der Waals surface area contributed by atoms with Crippen molar-refractivity contribution >= 4 is 0 Å². The molecule has 2 heterocycles. The zero-order valence-electron chi connectivity index (χ0n) is 19.0. The number of hydrogen-bond acceptors (Lipinski definition) is 6. The second-order valence-electron chi connectivity index (χ2n) is 8.54. The standard InChI is InChI=1S/C27H29N3O4/c31-16-24(13-25-26(32)27(33)30-18-29-25)23-9-7-20(8-10-23)2-1-19-3-5-21(6-4-19)14-28-15-22-11-12-34-17-22/h3-10,18,22,24,28,31-32H,11-17H2,(H,29,30,33). The molecule has 1 aromatic heterocycles. The molecule has 0 radical (unpaired) electrons. The first kappa shape index (κ1) is 23.7. The summed E-state index contributed by atoms with van der Waals surface area (Å²) in [7, 11) is 0. The van der Waals surface area contributed by atoms with Crippen LogP contribution in [0.4, 0.5) is 0 Å². The number of rotatable bonds is 8. The van der Waals surface area contributed by atoms with E-state index in [0.717, 1.165) is 49.4 Å². The Hall–Kier alpha value is -3.44. The highest BCUT2D eigenvalue weighted by atomic mass is 16.5. The number of hydrogen-bond donors (Lipinski definition) is 4. The van der Waals surface area contributed by atoms with E-state index in [-0.39, 0.29) is 24.6 Å². The van der Waals surface area contributed by atoms with Gasteiger partial charge in [-0.3, -0.25) is 4.79 Å². The molecule has 0 bridgehead atoms. The summed E-state index contributed by atoms with van der Waals surface area (Å²) >= 11 is 0. The third kappa shape index (κ3) is 6.33. The number of aliphatic hydroxyl groups is 1. The highest BCUT2D eigenvalue weighted by Gasteiger charge is 2.16. The fraction of sp³-hybridized carbons (Fsp3) is 0.333. The molecule has 1 aliphatic heterocycles. The van der Waals surface area contributed by atoms with Gasteiger partial charge in [0.1, 0.15) is 0 Å². The van der Waals surface area contributed by atoms with Gasteiger partial charge in [-0.1, -0.05) is 36.1 Å². The molecule has 4 rings (SSSR count). The molecule has 7 heteroatoms. The lowest BCUT2D eigenvalue weighted by Gasteiger charge is -2.14. The molecule has 0 amide bonds. The minimum atomic E-state index is -0.587. The fourth-order valence-corrected chi connectivity index (χ4v) is 3.95. The molecule has 1 fully saturated rings. The van der Waals surface area contributed by atoms with E-state index in [1.807, 2.05) is 36.4 Å². The largest absolute Gasteiger partial charge is 0.502 e. The third-order valence-corrected chi connectivity index (χ3v) is 6.04. The van der Waals surface area contributed by atoms with Gasteiger partial charge in [0.05, 0.1) is 25.2 Å². The van der Waals surface area contributed by atoms with E-state index in [1.54, 1.807) is 0 Å². The van der Waals surface area contributed by atoms with Crippen molar-refractivity contribution in [3.63, 3.8) is 0 Å². The summed E-state index contributed by atoms with van der Waals surface area (Å²) in [4.78, 5) is 17.9. The van der Waals surface area contributed by atoms with Crippen molar-refractivity contribution in [1.29, 1.82) is 0 Å². The van der Waals surface area contributed by atoms with Gasteiger partial charge in [0, 0.05) is 43.2 Å². The van der Waals surface area contributed by atoms with Gasteiger partial charge in [0.2, 0.25) is 5.75 Å². The smallest absolute Gasteiger partial charge is 0.293 e. The maximum atomic E-state index is 11.6. The summed E-state index contributed by atoms with van der Waals surface area (Å²) in [6, 6.07) is 15.9. The molecule has 0 spiro atoms. The van der Waals surface area contributed by atoms with Gasteiger partial charge in [-0.15, -0.1) is 0 Å². The van der Waals surface area contributed by atoms with Crippen LogP contribution in [0.1, 0.15) is 40.3 Å². The molecule has 1 saturated heterocycles. The summed E-state index contributed by atoms with van der Waals surface area (Å²) in [5.74, 6) is 6.28. The fourth-order valence-electron chi connectivity index (χ4n) is 3.95. The first-order chi connectivity index (χ1) is 16.6. The van der Waals surface area contributed by atoms with Crippen LogP contribution >= 0.6 is 0 Å². The topological polar surface area (TPSA) is 107 Å². The van der Waals surface area contributed by atoms with E-state index >= 15 is 0 Å². The SMILES string of the molecule is O=c1[nH]cnc(CC(CO)c2ccc(C#Cc3ccc(CNCC4CCOC4)cc3)cc2)c1O. The molecule has 1 aliphatic rings. The number of aromatic amines is 1. The number of aromatic hydroxyl groups is 1. The Labute approximate surface area is 198 Å². The molecular weight excluding hydrogens is 430 g/mol. The molecule has 4 N–H and O–H groups in total. The number of aliphatic hydroxyl groups excluding tert-OH is 1. The van der Waals surface area contributed by atoms with Gasteiger partial charge in [0.25, 0.3) is 5.56 Å². The predicted molar refractivity (Wildman–Crippen MR) is 130 cm³/mol. The predicted octanol–water partition coefficient (Wildman–Crippen LogP) is 2.32. The lowest BCUT2D eigenvalue weighted by Crippen LogP contribution is -2.22. The summed E-state index contributed by atoms with van der Waals surface area (Å²) in [5, 5.41) is 23.2. The van der Waals surface area contributed by atoms with Gasteiger partial charge in [0.15, 0.2) is 0 Å². The Morgan fingerprint density at radius 2 is 1.82 bits per heavy atom. The summed E-state index contributed by atoms with van der Waals surface area (Å²) in [6.45, 7) is 3.42. The summed E-state index contributed by atoms with van der Waals surface area (Å²) in [5.41, 5.74) is 3.59. The Kier molecular flexibility index (Phi) is 8.10. The average molecular weight is 460 g/mol. The minimum absolute atomic E-state index is 0.130. The van der Waals surface area contributed by atoms with Crippen LogP contribution in [-0.4, -0.2) is 46.5 Å². The van der Waals surface area contributed by atoms with E-state index in [0.29, 0.717) is 5.92 Å². The second kappa shape index (κ2) is 11.6. The van der Waals surface area contributed by atoms with Crippen molar-refractivity contribution in [2.75, 3.05) is 26.4 Å². The van der Waals surface area contributed by atoms with Gasteiger partial charge in [-0.05, 0) is 47.7 Å². The monoisotopic (exact) mass is 459 g/mol. The zero-order chi connectivity index (χ0) is 23.8. The molecular formula is C27H29N3O4. The van der Waals surface area contributed by atoms with Crippen LogP contribution < -0.4 is 10.9 Å². The molecule has 2 atom stereocenters. The molecule has 0 aliphatic carbocycles. The second-order valence-corrected chi connectivity index (χ2v) is 8.54. The van der Waals surface area contributed by atoms with Crippen LogP contribution in [-0.2, 0) is 17.7 Å². The van der Waals surface area contributed by atoms with Crippen molar-refractivity contribution in [1.82, 2.24) is 15.3 Å². The highest BCUT2D eigenvalue weighted by Crippen LogP contribution is 2.22. The van der Waals surface area contributed by atoms with Gasteiger partial charge < -0.3 is 25.3 Å².